The second-order valence-corrected chi connectivity index (χ2v) is 5.98. The lowest BCUT2D eigenvalue weighted by Gasteiger charge is -2.39. The molecule has 0 spiro atoms. The molecular weight excluding hydrogens is 246 g/mol. The first-order valence-electron chi connectivity index (χ1n) is 6.73. The first kappa shape index (κ1) is 13.7. The monoisotopic (exact) mass is 267 g/mol. The molecule has 0 aromatic heterocycles. The molecule has 1 aliphatic heterocycles. The molecule has 0 bridgehead atoms. The molecule has 18 heavy (non-hydrogen) atoms. The van der Waals surface area contributed by atoms with Gasteiger partial charge in [-0.05, 0) is 50.3 Å². The summed E-state index contributed by atoms with van der Waals surface area (Å²) in [6.45, 7) is 7.37. The van der Waals surface area contributed by atoms with Gasteiger partial charge in [-0.25, -0.2) is 0 Å². The molecule has 1 heterocycles. The van der Waals surface area contributed by atoms with Crippen LogP contribution < -0.4 is 4.90 Å². The van der Waals surface area contributed by atoms with Gasteiger partial charge in [0.25, 0.3) is 0 Å². The summed E-state index contributed by atoms with van der Waals surface area (Å²) in [5.41, 5.74) is 1.97. The van der Waals surface area contributed by atoms with Gasteiger partial charge in [0.1, 0.15) is 0 Å². The fraction of sp³-hybridized carbons (Fsp3) is 0.600. The van der Waals surface area contributed by atoms with Crippen LogP contribution in [0, 0.1) is 5.92 Å². The van der Waals surface area contributed by atoms with Gasteiger partial charge in [0.2, 0.25) is 0 Å². The maximum atomic E-state index is 9.57. The van der Waals surface area contributed by atoms with Crippen LogP contribution in [0.4, 0.5) is 5.69 Å². The standard InChI is InChI=1S/C15H22ClNO/c1-10-4-5-11(2)17(9-10)15-7-6-13(12(3)18)8-14(15)16/h6-8,10-12,18H,4-5,9H2,1-3H3. The third-order valence-electron chi connectivity index (χ3n) is 3.88. The van der Waals surface area contributed by atoms with E-state index in [1.807, 2.05) is 18.2 Å². The lowest BCUT2D eigenvalue weighted by Crippen LogP contribution is -2.41. The molecule has 0 saturated carbocycles. The van der Waals surface area contributed by atoms with Crippen LogP contribution >= 0.6 is 11.6 Å². The maximum absolute atomic E-state index is 9.57. The minimum atomic E-state index is -0.464. The van der Waals surface area contributed by atoms with E-state index in [0.29, 0.717) is 12.0 Å². The summed E-state index contributed by atoms with van der Waals surface area (Å²) in [7, 11) is 0. The highest BCUT2D eigenvalue weighted by molar-refractivity contribution is 6.33. The Morgan fingerprint density at radius 1 is 1.33 bits per heavy atom. The van der Waals surface area contributed by atoms with Gasteiger partial charge in [0.05, 0.1) is 16.8 Å². The Morgan fingerprint density at radius 3 is 2.67 bits per heavy atom. The SMILES string of the molecule is CC1CCC(C)N(c2ccc(C(C)O)cc2Cl)C1. The predicted octanol–water partition coefficient (Wildman–Crippen LogP) is 4.02. The van der Waals surface area contributed by atoms with E-state index in [9.17, 15) is 5.11 Å². The smallest absolute Gasteiger partial charge is 0.0762 e. The van der Waals surface area contributed by atoms with Crippen LogP contribution in [0.15, 0.2) is 18.2 Å². The highest BCUT2D eigenvalue weighted by Crippen LogP contribution is 2.34. The molecule has 1 saturated heterocycles. The van der Waals surface area contributed by atoms with Gasteiger partial charge in [-0.3, -0.25) is 0 Å². The van der Waals surface area contributed by atoms with Crippen molar-refractivity contribution in [3.05, 3.63) is 28.8 Å². The molecule has 1 fully saturated rings. The third kappa shape index (κ3) is 2.81. The number of rotatable bonds is 2. The summed E-state index contributed by atoms with van der Waals surface area (Å²) in [6, 6.07) is 6.43. The highest BCUT2D eigenvalue weighted by atomic mass is 35.5. The van der Waals surface area contributed by atoms with Crippen molar-refractivity contribution in [2.45, 2.75) is 45.8 Å². The minimum Gasteiger partial charge on any atom is -0.389 e. The van der Waals surface area contributed by atoms with Crippen molar-refractivity contribution in [2.75, 3.05) is 11.4 Å². The van der Waals surface area contributed by atoms with Crippen molar-refractivity contribution in [1.29, 1.82) is 0 Å². The van der Waals surface area contributed by atoms with Gasteiger partial charge in [-0.2, -0.15) is 0 Å². The second kappa shape index (κ2) is 5.50. The Morgan fingerprint density at radius 2 is 2.06 bits per heavy atom. The van der Waals surface area contributed by atoms with Crippen LogP contribution in [0.3, 0.4) is 0 Å². The van der Waals surface area contributed by atoms with Crippen LogP contribution in [0.25, 0.3) is 0 Å². The Labute approximate surface area is 115 Å². The zero-order valence-corrected chi connectivity index (χ0v) is 12.1. The molecule has 3 atom stereocenters. The van der Waals surface area contributed by atoms with Gasteiger partial charge in [0, 0.05) is 12.6 Å². The number of hydrogen-bond acceptors (Lipinski definition) is 2. The van der Waals surface area contributed by atoms with Crippen molar-refractivity contribution in [3.63, 3.8) is 0 Å². The quantitative estimate of drug-likeness (QED) is 0.875. The minimum absolute atomic E-state index is 0.464. The molecule has 0 radical (unpaired) electrons. The molecule has 0 aliphatic carbocycles. The van der Waals surface area contributed by atoms with Crippen molar-refractivity contribution in [1.82, 2.24) is 0 Å². The van der Waals surface area contributed by atoms with E-state index in [-0.39, 0.29) is 0 Å². The Bertz CT molecular complexity index is 419. The van der Waals surface area contributed by atoms with Gasteiger partial charge >= 0.3 is 0 Å². The average molecular weight is 268 g/mol. The fourth-order valence-corrected chi connectivity index (χ4v) is 2.94. The maximum Gasteiger partial charge on any atom is 0.0762 e. The van der Waals surface area contributed by atoms with Crippen molar-refractivity contribution < 1.29 is 5.11 Å². The Hall–Kier alpha value is -0.730. The van der Waals surface area contributed by atoms with Gasteiger partial charge in [-0.15, -0.1) is 0 Å². The largest absolute Gasteiger partial charge is 0.389 e. The summed E-state index contributed by atoms with van der Waals surface area (Å²) in [5.74, 6) is 0.716. The number of anilines is 1. The number of aliphatic hydroxyl groups excluding tert-OH is 1. The number of aliphatic hydroxyl groups is 1. The Balaban J connectivity index is 2.27. The summed E-state index contributed by atoms with van der Waals surface area (Å²) in [5, 5.41) is 10.3. The van der Waals surface area contributed by atoms with Gasteiger partial charge in [0.15, 0.2) is 0 Å². The number of benzene rings is 1. The molecule has 1 N–H and O–H groups in total. The van der Waals surface area contributed by atoms with Crippen LogP contribution in [0.5, 0.6) is 0 Å². The van der Waals surface area contributed by atoms with Crippen LogP contribution in [-0.4, -0.2) is 17.7 Å². The molecule has 1 aromatic rings. The van der Waals surface area contributed by atoms with Crippen LogP contribution in [-0.2, 0) is 0 Å². The lowest BCUT2D eigenvalue weighted by atomic mass is 9.94. The average Bonchev–Trinajstić information content (AvgIpc) is 2.32. The van der Waals surface area contributed by atoms with Crippen LogP contribution in [0.1, 0.15) is 45.3 Å². The fourth-order valence-electron chi connectivity index (χ4n) is 2.64. The topological polar surface area (TPSA) is 23.5 Å². The van der Waals surface area contributed by atoms with Gasteiger partial charge in [-0.1, -0.05) is 24.6 Å². The molecule has 1 aliphatic rings. The molecule has 3 heteroatoms. The summed E-state index contributed by atoms with van der Waals surface area (Å²) in [6.07, 6.45) is 2.05. The lowest BCUT2D eigenvalue weighted by molar-refractivity contribution is 0.199. The van der Waals surface area contributed by atoms with Crippen LogP contribution in [0.2, 0.25) is 5.02 Å². The number of nitrogens with zero attached hydrogens (tertiary/aromatic N) is 1. The van der Waals surface area contributed by atoms with E-state index in [2.05, 4.69) is 18.7 Å². The normalized spacial score (nSPS) is 26.2. The van der Waals surface area contributed by atoms with E-state index >= 15 is 0 Å². The number of halogens is 1. The summed E-state index contributed by atoms with van der Waals surface area (Å²) >= 11 is 6.37. The molecule has 3 unspecified atom stereocenters. The van der Waals surface area contributed by atoms with E-state index in [0.717, 1.165) is 22.8 Å². The molecule has 0 amide bonds. The highest BCUT2D eigenvalue weighted by Gasteiger charge is 2.24. The van der Waals surface area contributed by atoms with Crippen molar-refractivity contribution >= 4 is 17.3 Å². The van der Waals surface area contributed by atoms with Gasteiger partial charge < -0.3 is 10.0 Å². The molecular formula is C15H22ClNO. The summed E-state index contributed by atoms with van der Waals surface area (Å²) in [4.78, 5) is 2.39. The number of piperidine rings is 1. The molecule has 1 aromatic carbocycles. The third-order valence-corrected chi connectivity index (χ3v) is 4.18. The van der Waals surface area contributed by atoms with E-state index in [1.54, 1.807) is 6.92 Å². The Kier molecular flexibility index (Phi) is 4.18. The van der Waals surface area contributed by atoms with E-state index < -0.39 is 6.10 Å². The molecule has 2 nitrogen and oxygen atoms in total. The number of hydrogen-bond donors (Lipinski definition) is 1. The molecule has 100 valence electrons. The predicted molar refractivity (Wildman–Crippen MR) is 77.3 cm³/mol. The zero-order chi connectivity index (χ0) is 13.3. The van der Waals surface area contributed by atoms with Crippen molar-refractivity contribution in [2.24, 2.45) is 5.92 Å². The molecule has 2 rings (SSSR count). The van der Waals surface area contributed by atoms with E-state index in [1.165, 1.54) is 12.8 Å². The van der Waals surface area contributed by atoms with Crippen molar-refractivity contribution in [3.8, 4) is 0 Å². The first-order valence-corrected chi connectivity index (χ1v) is 7.11. The van der Waals surface area contributed by atoms with E-state index in [4.69, 9.17) is 11.6 Å². The first-order chi connectivity index (χ1) is 8.49. The summed E-state index contributed by atoms with van der Waals surface area (Å²) < 4.78 is 0. The second-order valence-electron chi connectivity index (χ2n) is 5.57. The zero-order valence-electron chi connectivity index (χ0n) is 11.4.